The average Bonchev–Trinajstić information content (AvgIpc) is 2.62. The first-order chi connectivity index (χ1) is 6.75. The lowest BCUT2D eigenvalue weighted by Crippen LogP contribution is -1.92. The van der Waals surface area contributed by atoms with Gasteiger partial charge in [0, 0.05) is 23.3 Å². The highest BCUT2D eigenvalue weighted by Gasteiger charge is 2.02. The van der Waals surface area contributed by atoms with Crippen molar-refractivity contribution in [1.82, 2.24) is 9.97 Å². The number of halogens is 1. The third kappa shape index (κ3) is 2.04. The second kappa shape index (κ2) is 3.96. The Morgan fingerprint density at radius 2 is 2.29 bits per heavy atom. The molecule has 1 aromatic carbocycles. The molecule has 1 heterocycles. The molecule has 0 saturated heterocycles. The Labute approximate surface area is 91.5 Å². The minimum absolute atomic E-state index is 0.841. The highest BCUT2D eigenvalue weighted by atomic mass is 79.9. The van der Waals surface area contributed by atoms with Gasteiger partial charge in [-0.2, -0.15) is 0 Å². The summed E-state index contributed by atoms with van der Waals surface area (Å²) in [5.41, 5.74) is 2.52. The number of aromatic amines is 1. The van der Waals surface area contributed by atoms with Gasteiger partial charge in [-0.05, 0) is 24.1 Å². The molecule has 0 amide bonds. The quantitative estimate of drug-likeness (QED) is 0.872. The van der Waals surface area contributed by atoms with Crippen LogP contribution in [0, 0.1) is 6.92 Å². The molecular weight excluding hydrogens is 240 g/mol. The summed E-state index contributed by atoms with van der Waals surface area (Å²) in [5, 5.41) is 0. The van der Waals surface area contributed by atoms with Crippen molar-refractivity contribution in [1.29, 1.82) is 0 Å². The maximum Gasteiger partial charge on any atom is 0.110 e. The second-order valence-electron chi connectivity index (χ2n) is 3.31. The maximum absolute atomic E-state index is 4.20. The van der Waals surface area contributed by atoms with Crippen LogP contribution in [-0.4, -0.2) is 9.97 Å². The predicted octanol–water partition coefficient (Wildman–Crippen LogP) is 3.07. The number of hydrogen-bond acceptors (Lipinski definition) is 1. The Bertz CT molecular complexity index is 421. The van der Waals surface area contributed by atoms with Crippen LogP contribution in [-0.2, 0) is 6.42 Å². The van der Waals surface area contributed by atoms with E-state index >= 15 is 0 Å². The fraction of sp³-hybridized carbons (Fsp3) is 0.182. The molecule has 3 heteroatoms. The van der Waals surface area contributed by atoms with Crippen LogP contribution < -0.4 is 0 Å². The molecule has 0 saturated carbocycles. The third-order valence-electron chi connectivity index (χ3n) is 2.12. The molecule has 2 nitrogen and oxygen atoms in total. The molecule has 0 fully saturated rings. The lowest BCUT2D eigenvalue weighted by atomic mass is 10.1. The van der Waals surface area contributed by atoms with E-state index in [1.807, 2.05) is 6.20 Å². The predicted molar refractivity (Wildman–Crippen MR) is 60.3 cm³/mol. The van der Waals surface area contributed by atoms with Crippen LogP contribution in [0.3, 0.4) is 0 Å². The van der Waals surface area contributed by atoms with E-state index in [4.69, 9.17) is 0 Å². The largest absolute Gasteiger partial charge is 0.348 e. The molecule has 0 unspecified atom stereocenters. The van der Waals surface area contributed by atoms with Crippen molar-refractivity contribution in [3.05, 3.63) is 52.0 Å². The number of rotatable bonds is 2. The molecule has 0 radical (unpaired) electrons. The van der Waals surface area contributed by atoms with Crippen LogP contribution in [0.5, 0.6) is 0 Å². The molecule has 1 aromatic heterocycles. The standard InChI is InChI=1S/C11H11BrN2/c1-8-2-3-9(10(12)6-8)7-11-13-4-5-14-11/h2-6H,7H2,1H3,(H,13,14). The second-order valence-corrected chi connectivity index (χ2v) is 4.16. The molecule has 2 rings (SSSR count). The van der Waals surface area contributed by atoms with E-state index in [9.17, 15) is 0 Å². The SMILES string of the molecule is Cc1ccc(Cc2ncc[nH]2)c(Br)c1. The number of imidazole rings is 1. The first kappa shape index (κ1) is 9.46. The van der Waals surface area contributed by atoms with E-state index in [1.54, 1.807) is 6.20 Å². The Kier molecular flexibility index (Phi) is 2.68. The van der Waals surface area contributed by atoms with E-state index in [1.165, 1.54) is 11.1 Å². The van der Waals surface area contributed by atoms with Gasteiger partial charge in [0.05, 0.1) is 0 Å². The summed E-state index contributed by atoms with van der Waals surface area (Å²) in [6, 6.07) is 6.36. The minimum atomic E-state index is 0.841. The maximum atomic E-state index is 4.20. The fourth-order valence-electron chi connectivity index (χ4n) is 1.37. The molecular formula is C11H11BrN2. The molecule has 0 atom stereocenters. The van der Waals surface area contributed by atoms with Gasteiger partial charge in [-0.25, -0.2) is 4.98 Å². The normalized spacial score (nSPS) is 10.4. The van der Waals surface area contributed by atoms with Gasteiger partial charge in [0.1, 0.15) is 5.82 Å². The molecule has 72 valence electrons. The zero-order valence-electron chi connectivity index (χ0n) is 7.92. The van der Waals surface area contributed by atoms with Crippen LogP contribution in [0.15, 0.2) is 35.1 Å². The smallest absolute Gasteiger partial charge is 0.110 e. The van der Waals surface area contributed by atoms with Gasteiger partial charge in [0.25, 0.3) is 0 Å². The summed E-state index contributed by atoms with van der Waals surface area (Å²) < 4.78 is 1.15. The Morgan fingerprint density at radius 3 is 2.93 bits per heavy atom. The number of H-pyrrole nitrogens is 1. The highest BCUT2D eigenvalue weighted by molar-refractivity contribution is 9.10. The van der Waals surface area contributed by atoms with Crippen LogP contribution in [0.25, 0.3) is 0 Å². The topological polar surface area (TPSA) is 28.7 Å². The van der Waals surface area contributed by atoms with Crippen LogP contribution in [0.2, 0.25) is 0 Å². The van der Waals surface area contributed by atoms with E-state index in [2.05, 4.69) is 51.0 Å². The van der Waals surface area contributed by atoms with Gasteiger partial charge in [-0.1, -0.05) is 28.1 Å². The van der Waals surface area contributed by atoms with Gasteiger partial charge < -0.3 is 4.98 Å². The van der Waals surface area contributed by atoms with Crippen molar-refractivity contribution in [2.75, 3.05) is 0 Å². The first-order valence-corrected chi connectivity index (χ1v) is 5.28. The highest BCUT2D eigenvalue weighted by Crippen LogP contribution is 2.20. The molecule has 0 aliphatic heterocycles. The molecule has 14 heavy (non-hydrogen) atoms. The summed E-state index contributed by atoms with van der Waals surface area (Å²) in [5.74, 6) is 0.995. The van der Waals surface area contributed by atoms with Crippen molar-refractivity contribution in [3.63, 3.8) is 0 Å². The van der Waals surface area contributed by atoms with Crippen molar-refractivity contribution < 1.29 is 0 Å². The molecule has 0 spiro atoms. The van der Waals surface area contributed by atoms with Crippen molar-refractivity contribution in [3.8, 4) is 0 Å². The molecule has 0 aliphatic carbocycles. The van der Waals surface area contributed by atoms with Gasteiger partial charge >= 0.3 is 0 Å². The van der Waals surface area contributed by atoms with Crippen LogP contribution >= 0.6 is 15.9 Å². The summed E-state index contributed by atoms with van der Waals surface area (Å²) in [7, 11) is 0. The third-order valence-corrected chi connectivity index (χ3v) is 2.86. The van der Waals surface area contributed by atoms with E-state index < -0.39 is 0 Å². The molecule has 0 bridgehead atoms. The zero-order chi connectivity index (χ0) is 9.97. The average molecular weight is 251 g/mol. The number of hydrogen-bond donors (Lipinski definition) is 1. The summed E-state index contributed by atoms with van der Waals surface area (Å²) in [6.45, 7) is 2.08. The van der Waals surface area contributed by atoms with Gasteiger partial charge in [0.2, 0.25) is 0 Å². The summed E-state index contributed by atoms with van der Waals surface area (Å²) in [6.07, 6.45) is 4.46. The fourth-order valence-corrected chi connectivity index (χ4v) is 2.00. The number of aromatic nitrogens is 2. The summed E-state index contributed by atoms with van der Waals surface area (Å²) in [4.78, 5) is 7.29. The Hall–Kier alpha value is -1.09. The summed E-state index contributed by atoms with van der Waals surface area (Å²) >= 11 is 3.55. The van der Waals surface area contributed by atoms with Crippen molar-refractivity contribution in [2.24, 2.45) is 0 Å². The van der Waals surface area contributed by atoms with Gasteiger partial charge in [0.15, 0.2) is 0 Å². The van der Waals surface area contributed by atoms with E-state index in [0.717, 1.165) is 16.7 Å². The minimum Gasteiger partial charge on any atom is -0.348 e. The monoisotopic (exact) mass is 250 g/mol. The molecule has 0 aliphatic rings. The van der Waals surface area contributed by atoms with Crippen LogP contribution in [0.4, 0.5) is 0 Å². The van der Waals surface area contributed by atoms with Crippen LogP contribution in [0.1, 0.15) is 17.0 Å². The Morgan fingerprint density at radius 1 is 1.43 bits per heavy atom. The number of benzene rings is 1. The lowest BCUT2D eigenvalue weighted by Gasteiger charge is -2.03. The number of aryl methyl sites for hydroxylation is 1. The van der Waals surface area contributed by atoms with Gasteiger partial charge in [-0.3, -0.25) is 0 Å². The number of nitrogens with zero attached hydrogens (tertiary/aromatic N) is 1. The van der Waals surface area contributed by atoms with Crippen molar-refractivity contribution in [2.45, 2.75) is 13.3 Å². The van der Waals surface area contributed by atoms with E-state index in [0.29, 0.717) is 0 Å². The van der Waals surface area contributed by atoms with E-state index in [-0.39, 0.29) is 0 Å². The zero-order valence-corrected chi connectivity index (χ0v) is 9.51. The Balaban J connectivity index is 2.25. The first-order valence-electron chi connectivity index (χ1n) is 4.49. The molecule has 2 aromatic rings. The molecule has 1 N–H and O–H groups in total. The number of nitrogens with one attached hydrogen (secondary N) is 1. The van der Waals surface area contributed by atoms with Gasteiger partial charge in [-0.15, -0.1) is 0 Å². The lowest BCUT2D eigenvalue weighted by molar-refractivity contribution is 1.02. The van der Waals surface area contributed by atoms with Crippen molar-refractivity contribution >= 4 is 15.9 Å².